The zero-order valence-corrected chi connectivity index (χ0v) is 19.0. The van der Waals surface area contributed by atoms with Crippen molar-refractivity contribution in [2.45, 2.75) is 44.9 Å². The van der Waals surface area contributed by atoms with Crippen molar-refractivity contribution in [1.29, 1.82) is 0 Å². The third-order valence-corrected chi connectivity index (χ3v) is 6.29. The second kappa shape index (κ2) is 9.56. The first-order valence-corrected chi connectivity index (χ1v) is 11.2. The molecule has 3 heterocycles. The van der Waals surface area contributed by atoms with Gasteiger partial charge in [0.25, 0.3) is 5.91 Å². The number of anilines is 1. The minimum absolute atomic E-state index is 0.0148. The summed E-state index contributed by atoms with van der Waals surface area (Å²) in [7, 11) is 1.62. The van der Waals surface area contributed by atoms with E-state index in [0.29, 0.717) is 49.4 Å². The quantitative estimate of drug-likeness (QED) is 0.501. The molecule has 1 N–H and O–H groups in total. The number of carbonyl (C=O) groups is 2. The average molecular weight is 492 g/mol. The fourth-order valence-electron chi connectivity index (χ4n) is 4.58. The second-order valence-electron chi connectivity index (χ2n) is 8.89. The predicted molar refractivity (Wildman–Crippen MR) is 118 cm³/mol. The number of nitrogens with zero attached hydrogens (tertiary/aromatic N) is 5. The number of hydrogen-bond acceptors (Lipinski definition) is 3. The summed E-state index contributed by atoms with van der Waals surface area (Å²) in [6.07, 6.45) is -4.36. The minimum atomic E-state index is -4.21. The fourth-order valence-corrected chi connectivity index (χ4v) is 4.58. The number of hydrogen-bond donors (Lipinski definition) is 1. The van der Waals surface area contributed by atoms with E-state index in [2.05, 4.69) is 15.3 Å². The van der Waals surface area contributed by atoms with Gasteiger partial charge in [0.05, 0.1) is 18.8 Å². The topological polar surface area (TPSA) is 74.8 Å². The Morgan fingerprint density at radius 1 is 1.31 bits per heavy atom. The Kier molecular flexibility index (Phi) is 6.69. The highest BCUT2D eigenvalue weighted by molar-refractivity contribution is 5.95. The van der Waals surface area contributed by atoms with E-state index in [1.165, 1.54) is 21.9 Å². The summed E-state index contributed by atoms with van der Waals surface area (Å²) in [5, 5.41) is 7.22. The normalized spacial score (nSPS) is 17.9. The number of rotatable bonds is 4. The van der Waals surface area contributed by atoms with Crippen LogP contribution in [0.2, 0.25) is 0 Å². The van der Waals surface area contributed by atoms with Crippen molar-refractivity contribution in [1.82, 2.24) is 19.6 Å². The number of nitrogens with one attached hydrogen (secondary N) is 1. The van der Waals surface area contributed by atoms with Crippen molar-refractivity contribution in [3.63, 3.8) is 0 Å². The molecule has 2 aliphatic rings. The van der Waals surface area contributed by atoms with Crippen LogP contribution in [0.1, 0.15) is 41.0 Å². The number of amides is 3. The first kappa shape index (κ1) is 24.5. The molecule has 8 nitrogen and oxygen atoms in total. The van der Waals surface area contributed by atoms with E-state index in [0.717, 1.165) is 6.07 Å². The van der Waals surface area contributed by atoms with Crippen LogP contribution < -0.4 is 5.32 Å². The Morgan fingerprint density at radius 3 is 2.80 bits per heavy atom. The summed E-state index contributed by atoms with van der Waals surface area (Å²) in [6, 6.07) is 3.26. The standard InChI is InChI=1S/C23H24F4N6O2/c1-28-19-10-15(5-6-17(19)24)29-22(35)32-9-7-18-16(13-32)20-21(34)31(2)11-14(12-33(20)30-18)4-3-8-23(25,26)27/h5-6,10,14H,3-4,7-9,11-13H2,2H3,(H,29,35). The number of benzene rings is 1. The zero-order chi connectivity index (χ0) is 25.3. The number of carbonyl (C=O) groups excluding carboxylic acids is 2. The van der Waals surface area contributed by atoms with E-state index >= 15 is 0 Å². The Hall–Kier alpha value is -3.62. The molecule has 0 radical (unpaired) electrons. The van der Waals surface area contributed by atoms with Gasteiger partial charge in [-0.2, -0.15) is 18.3 Å². The van der Waals surface area contributed by atoms with E-state index in [-0.39, 0.29) is 36.2 Å². The first-order chi connectivity index (χ1) is 16.6. The summed E-state index contributed by atoms with van der Waals surface area (Å²) in [6.45, 7) is 8.14. The van der Waals surface area contributed by atoms with Gasteiger partial charge in [-0.1, -0.05) is 0 Å². The van der Waals surface area contributed by atoms with Crippen LogP contribution in [0.5, 0.6) is 0 Å². The Bertz CT molecular complexity index is 1190. The molecule has 1 atom stereocenters. The van der Waals surface area contributed by atoms with Crippen LogP contribution in [0.15, 0.2) is 18.2 Å². The molecule has 0 saturated carbocycles. The molecule has 0 fully saturated rings. The van der Waals surface area contributed by atoms with Crippen molar-refractivity contribution in [3.05, 3.63) is 52.4 Å². The van der Waals surface area contributed by atoms with Crippen LogP contribution in [0.25, 0.3) is 4.85 Å². The van der Waals surface area contributed by atoms with Crippen LogP contribution in [0.4, 0.5) is 33.7 Å². The Balaban J connectivity index is 1.50. The molecular weight excluding hydrogens is 468 g/mol. The molecule has 1 aromatic heterocycles. The lowest BCUT2D eigenvalue weighted by Gasteiger charge is -2.27. The van der Waals surface area contributed by atoms with Crippen LogP contribution in [0, 0.1) is 18.3 Å². The molecule has 0 bridgehead atoms. The maximum atomic E-state index is 13.6. The predicted octanol–water partition coefficient (Wildman–Crippen LogP) is 4.60. The summed E-state index contributed by atoms with van der Waals surface area (Å²) < 4.78 is 52.9. The lowest BCUT2D eigenvalue weighted by molar-refractivity contribution is -0.136. The van der Waals surface area contributed by atoms with Crippen LogP contribution in [-0.2, 0) is 19.5 Å². The van der Waals surface area contributed by atoms with Gasteiger partial charge in [0.2, 0.25) is 5.69 Å². The molecule has 0 aliphatic carbocycles. The van der Waals surface area contributed by atoms with E-state index in [1.54, 1.807) is 11.7 Å². The van der Waals surface area contributed by atoms with Gasteiger partial charge in [-0.15, -0.1) is 0 Å². The van der Waals surface area contributed by atoms with Crippen LogP contribution in [-0.4, -0.2) is 57.8 Å². The molecule has 2 aliphatic heterocycles. The van der Waals surface area contributed by atoms with Gasteiger partial charge < -0.3 is 15.1 Å². The van der Waals surface area contributed by atoms with E-state index in [9.17, 15) is 27.2 Å². The van der Waals surface area contributed by atoms with E-state index in [4.69, 9.17) is 6.57 Å². The number of fused-ring (bicyclic) bond motifs is 3. The number of alkyl halides is 3. The van der Waals surface area contributed by atoms with Crippen molar-refractivity contribution in [2.75, 3.05) is 25.5 Å². The summed E-state index contributed by atoms with van der Waals surface area (Å²) >= 11 is 0. The number of urea groups is 1. The molecule has 35 heavy (non-hydrogen) atoms. The summed E-state index contributed by atoms with van der Waals surface area (Å²) in [5.41, 5.74) is 1.75. The van der Waals surface area contributed by atoms with Gasteiger partial charge in [0, 0.05) is 50.8 Å². The molecule has 2 aromatic rings. The van der Waals surface area contributed by atoms with E-state index in [1.807, 2.05) is 0 Å². The monoisotopic (exact) mass is 492 g/mol. The van der Waals surface area contributed by atoms with Gasteiger partial charge >= 0.3 is 12.2 Å². The van der Waals surface area contributed by atoms with Crippen LogP contribution in [0.3, 0.4) is 0 Å². The fraction of sp³-hybridized carbons (Fsp3) is 0.478. The van der Waals surface area contributed by atoms with Gasteiger partial charge in [0.1, 0.15) is 11.5 Å². The van der Waals surface area contributed by atoms with Gasteiger partial charge in [-0.3, -0.25) is 9.48 Å². The highest BCUT2D eigenvalue weighted by atomic mass is 19.4. The molecular formula is C23H24F4N6O2. The van der Waals surface area contributed by atoms with Crippen molar-refractivity contribution >= 4 is 23.3 Å². The number of aromatic nitrogens is 2. The molecule has 4 rings (SSSR count). The SMILES string of the molecule is [C-]#[N+]c1cc(NC(=O)N2CCc3nn4c(c3C2)C(=O)N(C)CC(CCCC(F)(F)F)C4)ccc1F. The van der Waals surface area contributed by atoms with Crippen molar-refractivity contribution in [2.24, 2.45) is 5.92 Å². The van der Waals surface area contributed by atoms with Gasteiger partial charge in [-0.25, -0.2) is 14.0 Å². The molecule has 0 spiro atoms. The molecule has 1 unspecified atom stereocenters. The lowest BCUT2D eigenvalue weighted by atomic mass is 10.0. The summed E-state index contributed by atoms with van der Waals surface area (Å²) in [4.78, 5) is 32.1. The van der Waals surface area contributed by atoms with Crippen molar-refractivity contribution < 1.29 is 27.2 Å². The maximum Gasteiger partial charge on any atom is 0.389 e. The highest BCUT2D eigenvalue weighted by Gasteiger charge is 2.35. The van der Waals surface area contributed by atoms with Crippen molar-refractivity contribution in [3.8, 4) is 0 Å². The number of halogens is 4. The maximum absolute atomic E-state index is 13.6. The van der Waals surface area contributed by atoms with Crippen LogP contribution >= 0.6 is 0 Å². The highest BCUT2D eigenvalue weighted by Crippen LogP contribution is 2.30. The van der Waals surface area contributed by atoms with Gasteiger partial charge in [-0.05, 0) is 37.0 Å². The molecule has 12 heteroatoms. The molecule has 0 saturated heterocycles. The average Bonchev–Trinajstić information content (AvgIpc) is 3.10. The summed E-state index contributed by atoms with van der Waals surface area (Å²) in [5.74, 6) is -1.12. The molecule has 1 aromatic carbocycles. The zero-order valence-electron chi connectivity index (χ0n) is 19.0. The van der Waals surface area contributed by atoms with Gasteiger partial charge in [0.15, 0.2) is 0 Å². The largest absolute Gasteiger partial charge is 0.389 e. The first-order valence-electron chi connectivity index (χ1n) is 11.2. The molecule has 186 valence electrons. The second-order valence-corrected chi connectivity index (χ2v) is 8.89. The smallest absolute Gasteiger partial charge is 0.340 e. The minimum Gasteiger partial charge on any atom is -0.340 e. The third kappa shape index (κ3) is 5.39. The van der Waals surface area contributed by atoms with E-state index < -0.39 is 24.4 Å². The Morgan fingerprint density at radius 2 is 2.09 bits per heavy atom. The Labute approximate surface area is 199 Å². The lowest BCUT2D eigenvalue weighted by Crippen LogP contribution is -2.39. The molecule has 3 amide bonds. The third-order valence-electron chi connectivity index (χ3n) is 6.29.